The van der Waals surface area contributed by atoms with Gasteiger partial charge in [0.15, 0.2) is 17.6 Å². The topological polar surface area (TPSA) is 69.7 Å². The number of hydrogen-bond donors (Lipinski definition) is 1. The average Bonchev–Trinajstić information content (AvgIpc) is 3.37. The molecule has 0 fully saturated rings. The molecule has 1 N–H and O–H groups in total. The van der Waals surface area contributed by atoms with Gasteiger partial charge in [0, 0.05) is 30.0 Å². The quantitative estimate of drug-likeness (QED) is 0.660. The molecule has 0 saturated carbocycles. The Balaban J connectivity index is 1.26. The molecular weight excluding hydrogens is 376 g/mol. The smallest absolute Gasteiger partial charge is 0.260 e. The number of nitrogens with one attached hydrogen (secondary N) is 1. The van der Waals surface area contributed by atoms with Crippen LogP contribution in [-0.2, 0) is 11.2 Å². The van der Waals surface area contributed by atoms with Gasteiger partial charge in [0.2, 0.25) is 6.79 Å². The van der Waals surface area contributed by atoms with Crippen LogP contribution >= 0.6 is 11.3 Å². The van der Waals surface area contributed by atoms with Crippen molar-refractivity contribution < 1.29 is 19.0 Å². The molecule has 144 valence electrons. The monoisotopic (exact) mass is 396 g/mol. The van der Waals surface area contributed by atoms with Crippen LogP contribution in [0.3, 0.4) is 0 Å². The van der Waals surface area contributed by atoms with E-state index >= 15 is 0 Å². The van der Waals surface area contributed by atoms with Crippen LogP contribution in [0.4, 0.5) is 0 Å². The lowest BCUT2D eigenvalue weighted by Crippen LogP contribution is -2.37. The molecule has 0 spiro atoms. The maximum atomic E-state index is 12.3. The fraction of sp³-hybridized carbons (Fsp3) is 0.238. The van der Waals surface area contributed by atoms with Crippen molar-refractivity contribution in [1.29, 1.82) is 0 Å². The standard InChI is InChI=1S/C21H20N2O4S/c1-14(27-16-7-8-18-19(11-16)26-13-25-18)21(24)22-10-9-20-23-17(12-28-20)15-5-3-2-4-6-15/h2-8,11-12,14H,9-10,13H2,1H3,(H,22,24)/t14-/m1/s1. The van der Waals surface area contributed by atoms with Crippen molar-refractivity contribution in [3.05, 3.63) is 58.9 Å². The van der Waals surface area contributed by atoms with Gasteiger partial charge in [-0.2, -0.15) is 0 Å². The van der Waals surface area contributed by atoms with E-state index in [2.05, 4.69) is 10.3 Å². The van der Waals surface area contributed by atoms with E-state index in [1.54, 1.807) is 36.5 Å². The average molecular weight is 396 g/mol. The largest absolute Gasteiger partial charge is 0.481 e. The van der Waals surface area contributed by atoms with Crippen LogP contribution in [0.2, 0.25) is 0 Å². The second-order valence-corrected chi connectivity index (χ2v) is 7.25. The molecule has 1 aliphatic rings. The zero-order valence-electron chi connectivity index (χ0n) is 15.4. The van der Waals surface area contributed by atoms with Gasteiger partial charge in [-0.25, -0.2) is 4.98 Å². The van der Waals surface area contributed by atoms with Gasteiger partial charge in [-0.15, -0.1) is 11.3 Å². The number of aromatic nitrogens is 1. The zero-order chi connectivity index (χ0) is 19.3. The predicted octanol–water partition coefficient (Wildman–Crippen LogP) is 3.67. The Labute approximate surface area is 167 Å². The van der Waals surface area contributed by atoms with Gasteiger partial charge in [-0.3, -0.25) is 4.79 Å². The van der Waals surface area contributed by atoms with Crippen LogP contribution in [-0.4, -0.2) is 30.3 Å². The third-order valence-electron chi connectivity index (χ3n) is 4.29. The summed E-state index contributed by atoms with van der Waals surface area (Å²) in [6.45, 7) is 2.43. The second-order valence-electron chi connectivity index (χ2n) is 6.31. The van der Waals surface area contributed by atoms with Crippen LogP contribution in [0.5, 0.6) is 17.2 Å². The van der Waals surface area contributed by atoms with Crippen molar-refractivity contribution in [2.45, 2.75) is 19.4 Å². The normalized spacial score (nSPS) is 13.2. The van der Waals surface area contributed by atoms with Gasteiger partial charge in [0.25, 0.3) is 5.91 Å². The molecule has 28 heavy (non-hydrogen) atoms. The SMILES string of the molecule is C[C@@H](Oc1ccc2c(c1)OCO2)C(=O)NCCc1nc(-c2ccccc2)cs1. The summed E-state index contributed by atoms with van der Waals surface area (Å²) in [5, 5.41) is 5.93. The number of ether oxygens (including phenoxy) is 3. The lowest BCUT2D eigenvalue weighted by atomic mass is 10.2. The van der Waals surface area contributed by atoms with E-state index in [-0.39, 0.29) is 12.7 Å². The van der Waals surface area contributed by atoms with Gasteiger partial charge in [0.05, 0.1) is 10.7 Å². The zero-order valence-corrected chi connectivity index (χ0v) is 16.2. The van der Waals surface area contributed by atoms with Gasteiger partial charge in [-0.05, 0) is 19.1 Å². The highest BCUT2D eigenvalue weighted by Crippen LogP contribution is 2.35. The molecule has 0 aliphatic carbocycles. The number of hydrogen-bond acceptors (Lipinski definition) is 6. The van der Waals surface area contributed by atoms with E-state index in [0.29, 0.717) is 30.2 Å². The Morgan fingerprint density at radius 2 is 2.04 bits per heavy atom. The molecule has 4 rings (SSSR count). The number of rotatable bonds is 7. The first kappa shape index (κ1) is 18.3. The van der Waals surface area contributed by atoms with Crippen LogP contribution < -0.4 is 19.5 Å². The number of amides is 1. The summed E-state index contributed by atoms with van der Waals surface area (Å²) in [5.41, 5.74) is 2.06. The molecular formula is C21H20N2O4S. The minimum atomic E-state index is -0.614. The summed E-state index contributed by atoms with van der Waals surface area (Å²) >= 11 is 1.60. The molecule has 1 amide bonds. The van der Waals surface area contributed by atoms with Crippen molar-refractivity contribution in [3.8, 4) is 28.5 Å². The van der Waals surface area contributed by atoms with Crippen molar-refractivity contribution >= 4 is 17.2 Å². The van der Waals surface area contributed by atoms with Gasteiger partial charge in [0.1, 0.15) is 5.75 Å². The van der Waals surface area contributed by atoms with Crippen LogP contribution in [0.25, 0.3) is 11.3 Å². The number of carbonyl (C=O) groups is 1. The number of fused-ring (bicyclic) bond motifs is 1. The lowest BCUT2D eigenvalue weighted by Gasteiger charge is -2.14. The molecule has 3 aromatic rings. The van der Waals surface area contributed by atoms with Crippen molar-refractivity contribution in [3.63, 3.8) is 0 Å². The molecule has 2 heterocycles. The summed E-state index contributed by atoms with van der Waals surface area (Å²) in [4.78, 5) is 16.9. The first-order valence-corrected chi connectivity index (χ1v) is 9.91. The molecule has 1 atom stereocenters. The molecule has 1 aromatic heterocycles. The third-order valence-corrected chi connectivity index (χ3v) is 5.19. The first-order valence-electron chi connectivity index (χ1n) is 9.03. The van der Waals surface area contributed by atoms with Gasteiger partial charge >= 0.3 is 0 Å². The van der Waals surface area contributed by atoms with Crippen molar-refractivity contribution in [1.82, 2.24) is 10.3 Å². The van der Waals surface area contributed by atoms with E-state index < -0.39 is 6.10 Å². The van der Waals surface area contributed by atoms with Gasteiger partial charge in [-0.1, -0.05) is 30.3 Å². The Kier molecular flexibility index (Phi) is 5.43. The Morgan fingerprint density at radius 3 is 2.89 bits per heavy atom. The maximum absolute atomic E-state index is 12.3. The van der Waals surface area contributed by atoms with E-state index in [9.17, 15) is 4.79 Å². The number of benzene rings is 2. The Hall–Kier alpha value is -3.06. The second kappa shape index (κ2) is 8.31. The summed E-state index contributed by atoms with van der Waals surface area (Å²) in [6.07, 6.45) is 0.0662. The summed E-state index contributed by atoms with van der Waals surface area (Å²) in [5.74, 6) is 1.71. The number of nitrogens with zero attached hydrogens (tertiary/aromatic N) is 1. The fourth-order valence-electron chi connectivity index (χ4n) is 2.81. The first-order chi connectivity index (χ1) is 13.7. The van der Waals surface area contributed by atoms with Crippen LogP contribution in [0, 0.1) is 0 Å². The third kappa shape index (κ3) is 4.26. The summed E-state index contributed by atoms with van der Waals surface area (Å²) in [7, 11) is 0. The highest BCUT2D eigenvalue weighted by Gasteiger charge is 2.18. The molecule has 2 aromatic carbocycles. The molecule has 6 nitrogen and oxygen atoms in total. The molecule has 1 aliphatic heterocycles. The molecule has 0 unspecified atom stereocenters. The molecule has 0 radical (unpaired) electrons. The number of thiazole rings is 1. The molecule has 0 bridgehead atoms. The predicted molar refractivity (Wildman–Crippen MR) is 107 cm³/mol. The maximum Gasteiger partial charge on any atom is 0.260 e. The van der Waals surface area contributed by atoms with E-state index in [0.717, 1.165) is 16.3 Å². The Morgan fingerprint density at radius 1 is 1.21 bits per heavy atom. The van der Waals surface area contributed by atoms with E-state index in [1.807, 2.05) is 35.7 Å². The fourth-order valence-corrected chi connectivity index (χ4v) is 3.62. The molecule has 7 heteroatoms. The summed E-state index contributed by atoms with van der Waals surface area (Å²) < 4.78 is 16.3. The highest BCUT2D eigenvalue weighted by atomic mass is 32.1. The van der Waals surface area contributed by atoms with E-state index in [1.165, 1.54) is 0 Å². The van der Waals surface area contributed by atoms with Crippen molar-refractivity contribution in [2.75, 3.05) is 13.3 Å². The minimum absolute atomic E-state index is 0.169. The highest BCUT2D eigenvalue weighted by molar-refractivity contribution is 7.09. The van der Waals surface area contributed by atoms with Crippen molar-refractivity contribution in [2.24, 2.45) is 0 Å². The summed E-state index contributed by atoms with van der Waals surface area (Å²) in [6, 6.07) is 15.3. The van der Waals surface area contributed by atoms with E-state index in [4.69, 9.17) is 14.2 Å². The number of carbonyl (C=O) groups excluding carboxylic acids is 1. The lowest BCUT2D eigenvalue weighted by molar-refractivity contribution is -0.127. The van der Waals surface area contributed by atoms with Crippen LogP contribution in [0.15, 0.2) is 53.9 Å². The minimum Gasteiger partial charge on any atom is -0.481 e. The Bertz CT molecular complexity index is 958. The van der Waals surface area contributed by atoms with Crippen LogP contribution in [0.1, 0.15) is 11.9 Å². The molecule has 0 saturated heterocycles. The van der Waals surface area contributed by atoms with Gasteiger partial charge < -0.3 is 19.5 Å².